The number of nitro benzene ring substituents is 1. The highest BCUT2D eigenvalue weighted by Crippen LogP contribution is 2.31. The highest BCUT2D eigenvalue weighted by molar-refractivity contribution is 7.98. The standard InChI is InChI=1S/C20H20N4O3S2/c1-28-16-5-2-14(3-6-16)12-19(25)22-8-10-23(11-9-22)20-21-17-7-4-15(24(26)27)13-18(17)29-20/h2-7,13H,8-12H2,1H3. The van der Waals surface area contributed by atoms with Gasteiger partial charge in [0.05, 0.1) is 21.6 Å². The van der Waals surface area contributed by atoms with Crippen molar-refractivity contribution in [1.29, 1.82) is 0 Å². The third kappa shape index (κ3) is 4.35. The van der Waals surface area contributed by atoms with Gasteiger partial charge in [0.1, 0.15) is 0 Å². The zero-order chi connectivity index (χ0) is 20.4. The predicted molar refractivity (Wildman–Crippen MR) is 117 cm³/mol. The van der Waals surface area contributed by atoms with Gasteiger partial charge in [0, 0.05) is 43.2 Å². The second kappa shape index (κ2) is 8.38. The van der Waals surface area contributed by atoms with Crippen LogP contribution in [0.25, 0.3) is 10.2 Å². The normalized spacial score (nSPS) is 14.4. The van der Waals surface area contributed by atoms with Crippen LogP contribution in [0.2, 0.25) is 0 Å². The van der Waals surface area contributed by atoms with E-state index in [2.05, 4.69) is 9.88 Å². The second-order valence-electron chi connectivity index (χ2n) is 6.80. The van der Waals surface area contributed by atoms with E-state index in [4.69, 9.17) is 0 Å². The maximum absolute atomic E-state index is 12.6. The van der Waals surface area contributed by atoms with Gasteiger partial charge in [-0.1, -0.05) is 23.5 Å². The number of carbonyl (C=O) groups is 1. The number of rotatable bonds is 5. The van der Waals surface area contributed by atoms with Crippen LogP contribution in [0.15, 0.2) is 47.4 Å². The van der Waals surface area contributed by atoms with E-state index in [-0.39, 0.29) is 11.6 Å². The summed E-state index contributed by atoms with van der Waals surface area (Å²) in [5.41, 5.74) is 1.87. The molecule has 29 heavy (non-hydrogen) atoms. The lowest BCUT2D eigenvalue weighted by molar-refractivity contribution is -0.384. The molecular formula is C20H20N4O3S2. The van der Waals surface area contributed by atoms with Gasteiger partial charge in [-0.3, -0.25) is 14.9 Å². The molecule has 1 saturated heterocycles. The van der Waals surface area contributed by atoms with Crippen LogP contribution in [0.3, 0.4) is 0 Å². The third-order valence-electron chi connectivity index (χ3n) is 4.99. The molecule has 3 aromatic rings. The van der Waals surface area contributed by atoms with Crippen LogP contribution in [-0.4, -0.2) is 53.1 Å². The van der Waals surface area contributed by atoms with Crippen molar-refractivity contribution in [3.05, 3.63) is 58.1 Å². The van der Waals surface area contributed by atoms with Gasteiger partial charge in [0.25, 0.3) is 5.69 Å². The van der Waals surface area contributed by atoms with Crippen molar-refractivity contribution in [2.75, 3.05) is 37.3 Å². The van der Waals surface area contributed by atoms with Gasteiger partial charge in [-0.25, -0.2) is 4.98 Å². The fraction of sp³-hybridized carbons (Fsp3) is 0.300. The number of carbonyl (C=O) groups excluding carboxylic acids is 1. The number of hydrogen-bond acceptors (Lipinski definition) is 7. The van der Waals surface area contributed by atoms with Crippen molar-refractivity contribution in [2.45, 2.75) is 11.3 Å². The number of thioether (sulfide) groups is 1. The number of benzene rings is 2. The summed E-state index contributed by atoms with van der Waals surface area (Å²) in [5.74, 6) is 0.140. The number of non-ortho nitro benzene ring substituents is 1. The smallest absolute Gasteiger partial charge is 0.270 e. The first kappa shape index (κ1) is 19.7. The molecule has 0 aliphatic carbocycles. The van der Waals surface area contributed by atoms with Gasteiger partial charge < -0.3 is 9.80 Å². The zero-order valence-corrected chi connectivity index (χ0v) is 17.5. The molecule has 2 aromatic carbocycles. The van der Waals surface area contributed by atoms with Crippen LogP contribution >= 0.6 is 23.1 Å². The molecule has 1 fully saturated rings. The highest BCUT2D eigenvalue weighted by Gasteiger charge is 2.23. The van der Waals surface area contributed by atoms with E-state index in [1.54, 1.807) is 23.9 Å². The average Bonchev–Trinajstić information content (AvgIpc) is 3.17. The Morgan fingerprint density at radius 1 is 1.17 bits per heavy atom. The minimum Gasteiger partial charge on any atom is -0.345 e. The average molecular weight is 429 g/mol. The molecule has 0 spiro atoms. The molecule has 0 bridgehead atoms. The third-order valence-corrected chi connectivity index (χ3v) is 6.81. The van der Waals surface area contributed by atoms with E-state index >= 15 is 0 Å². The Morgan fingerprint density at radius 3 is 2.55 bits per heavy atom. The first-order valence-corrected chi connectivity index (χ1v) is 11.3. The summed E-state index contributed by atoms with van der Waals surface area (Å²) < 4.78 is 0.807. The van der Waals surface area contributed by atoms with E-state index in [0.717, 1.165) is 20.9 Å². The molecule has 0 radical (unpaired) electrons. The molecular weight excluding hydrogens is 408 g/mol. The van der Waals surface area contributed by atoms with E-state index < -0.39 is 4.92 Å². The van der Waals surface area contributed by atoms with E-state index in [0.29, 0.717) is 32.6 Å². The Kier molecular flexibility index (Phi) is 5.68. The van der Waals surface area contributed by atoms with Gasteiger partial charge in [-0.15, -0.1) is 11.8 Å². The van der Waals surface area contributed by atoms with Gasteiger partial charge in [0.15, 0.2) is 5.13 Å². The number of fused-ring (bicyclic) bond motifs is 1. The summed E-state index contributed by atoms with van der Waals surface area (Å²) in [7, 11) is 0. The lowest BCUT2D eigenvalue weighted by atomic mass is 10.1. The SMILES string of the molecule is CSc1ccc(CC(=O)N2CCN(c3nc4ccc([N+](=O)[O-])cc4s3)CC2)cc1. The van der Waals surface area contributed by atoms with Crippen LogP contribution in [0.4, 0.5) is 10.8 Å². The summed E-state index contributed by atoms with van der Waals surface area (Å²) in [5, 5.41) is 11.8. The predicted octanol–water partition coefficient (Wildman–Crippen LogP) is 3.82. The van der Waals surface area contributed by atoms with Crippen molar-refractivity contribution >= 4 is 50.0 Å². The Hall–Kier alpha value is -2.65. The minimum absolute atomic E-state index is 0.0775. The Balaban J connectivity index is 1.37. The number of amides is 1. The quantitative estimate of drug-likeness (QED) is 0.349. The summed E-state index contributed by atoms with van der Waals surface area (Å²) in [6, 6.07) is 12.9. The number of hydrogen-bond donors (Lipinski definition) is 0. The largest absolute Gasteiger partial charge is 0.345 e. The molecule has 0 N–H and O–H groups in total. The Labute approximate surface area is 176 Å². The van der Waals surface area contributed by atoms with E-state index in [1.807, 2.05) is 35.4 Å². The van der Waals surface area contributed by atoms with E-state index in [9.17, 15) is 14.9 Å². The van der Waals surface area contributed by atoms with Gasteiger partial charge >= 0.3 is 0 Å². The van der Waals surface area contributed by atoms with Crippen molar-refractivity contribution in [2.24, 2.45) is 0 Å². The Bertz CT molecular complexity index is 1040. The molecule has 2 heterocycles. The minimum atomic E-state index is -0.391. The van der Waals surface area contributed by atoms with Crippen molar-refractivity contribution < 1.29 is 9.72 Å². The van der Waals surface area contributed by atoms with Crippen LogP contribution in [0, 0.1) is 10.1 Å². The highest BCUT2D eigenvalue weighted by atomic mass is 32.2. The van der Waals surface area contributed by atoms with Gasteiger partial charge in [0.2, 0.25) is 5.91 Å². The summed E-state index contributed by atoms with van der Waals surface area (Å²) in [6.07, 6.45) is 2.45. The monoisotopic (exact) mass is 428 g/mol. The maximum Gasteiger partial charge on any atom is 0.270 e. The van der Waals surface area contributed by atoms with Crippen molar-refractivity contribution in [3.63, 3.8) is 0 Å². The number of piperazine rings is 1. The fourth-order valence-corrected chi connectivity index (χ4v) is 4.79. The molecule has 150 valence electrons. The molecule has 0 saturated carbocycles. The number of anilines is 1. The molecule has 1 aromatic heterocycles. The number of thiazole rings is 1. The molecule has 9 heteroatoms. The second-order valence-corrected chi connectivity index (χ2v) is 8.69. The first-order chi connectivity index (χ1) is 14.0. The van der Waals surface area contributed by atoms with Crippen LogP contribution in [-0.2, 0) is 11.2 Å². The zero-order valence-electron chi connectivity index (χ0n) is 15.9. The van der Waals surface area contributed by atoms with Crippen molar-refractivity contribution in [1.82, 2.24) is 9.88 Å². The van der Waals surface area contributed by atoms with Crippen LogP contribution < -0.4 is 4.90 Å². The fourth-order valence-electron chi connectivity index (χ4n) is 3.33. The van der Waals surface area contributed by atoms with Crippen LogP contribution in [0.1, 0.15) is 5.56 Å². The number of nitrogens with zero attached hydrogens (tertiary/aromatic N) is 4. The molecule has 1 amide bonds. The van der Waals surface area contributed by atoms with Crippen LogP contribution in [0.5, 0.6) is 0 Å². The molecule has 0 atom stereocenters. The lowest BCUT2D eigenvalue weighted by Crippen LogP contribution is -2.49. The number of aromatic nitrogens is 1. The topological polar surface area (TPSA) is 79.6 Å². The summed E-state index contributed by atoms with van der Waals surface area (Å²) >= 11 is 3.14. The summed E-state index contributed by atoms with van der Waals surface area (Å²) in [6.45, 7) is 2.72. The molecule has 7 nitrogen and oxygen atoms in total. The Morgan fingerprint density at radius 2 is 1.90 bits per heavy atom. The molecule has 1 aliphatic heterocycles. The molecule has 0 unspecified atom stereocenters. The van der Waals surface area contributed by atoms with E-state index in [1.165, 1.54) is 22.3 Å². The summed E-state index contributed by atoms with van der Waals surface area (Å²) in [4.78, 5) is 33.0. The van der Waals surface area contributed by atoms with Gasteiger partial charge in [-0.05, 0) is 30.0 Å². The van der Waals surface area contributed by atoms with Crippen molar-refractivity contribution in [3.8, 4) is 0 Å². The first-order valence-electron chi connectivity index (χ1n) is 9.24. The molecule has 4 rings (SSSR count). The molecule has 1 aliphatic rings. The maximum atomic E-state index is 12.6. The number of nitro groups is 1. The van der Waals surface area contributed by atoms with Gasteiger partial charge in [-0.2, -0.15) is 0 Å². The lowest BCUT2D eigenvalue weighted by Gasteiger charge is -2.34.